The molecule has 0 radical (unpaired) electrons. The molecule has 0 aliphatic carbocycles. The van der Waals surface area contributed by atoms with E-state index in [0.29, 0.717) is 24.0 Å². The van der Waals surface area contributed by atoms with Gasteiger partial charge in [0.1, 0.15) is 0 Å². The van der Waals surface area contributed by atoms with Gasteiger partial charge in [0, 0.05) is 37.8 Å². The molecule has 6 nitrogen and oxygen atoms in total. The van der Waals surface area contributed by atoms with E-state index in [1.165, 1.54) is 23.3 Å². The Morgan fingerprint density at radius 1 is 1.04 bits per heavy atom. The number of aromatic amines is 1. The maximum atomic E-state index is 12.6. The summed E-state index contributed by atoms with van der Waals surface area (Å²) < 4.78 is 27.8. The van der Waals surface area contributed by atoms with E-state index in [1.54, 1.807) is 18.2 Å². The van der Waals surface area contributed by atoms with Crippen molar-refractivity contribution in [3.8, 4) is 0 Å². The molecule has 0 bridgehead atoms. The van der Waals surface area contributed by atoms with E-state index in [-0.39, 0.29) is 10.5 Å². The van der Waals surface area contributed by atoms with Crippen LogP contribution in [0.2, 0.25) is 0 Å². The predicted octanol–water partition coefficient (Wildman–Crippen LogP) is 1.86. The summed E-state index contributed by atoms with van der Waals surface area (Å²) in [6, 6.07) is 16.1. The highest BCUT2D eigenvalue weighted by Crippen LogP contribution is 2.18. The Bertz CT molecular complexity index is 1140. The van der Waals surface area contributed by atoms with E-state index in [0.717, 1.165) is 19.5 Å². The van der Waals surface area contributed by atoms with Gasteiger partial charge in [-0.15, -0.1) is 0 Å². The molecule has 1 aromatic heterocycles. The fourth-order valence-corrected chi connectivity index (χ4v) is 4.52. The van der Waals surface area contributed by atoms with Gasteiger partial charge in [-0.05, 0) is 47.2 Å². The molecule has 7 heteroatoms. The second-order valence-electron chi connectivity index (χ2n) is 6.76. The molecular formula is C20H21N3O3S. The molecule has 1 aliphatic rings. The van der Waals surface area contributed by atoms with Gasteiger partial charge in [0.25, 0.3) is 0 Å². The first-order valence-electron chi connectivity index (χ1n) is 8.93. The summed E-state index contributed by atoms with van der Waals surface area (Å²) in [6.45, 7) is 2.80. The van der Waals surface area contributed by atoms with E-state index >= 15 is 0 Å². The minimum atomic E-state index is -3.59. The van der Waals surface area contributed by atoms with Crippen molar-refractivity contribution in [1.82, 2.24) is 14.6 Å². The summed E-state index contributed by atoms with van der Waals surface area (Å²) in [4.78, 5) is 16.5. The lowest BCUT2D eigenvalue weighted by Gasteiger charge is -2.28. The molecule has 0 spiro atoms. The molecule has 27 heavy (non-hydrogen) atoms. The van der Waals surface area contributed by atoms with Crippen LogP contribution in [0.4, 0.5) is 0 Å². The minimum absolute atomic E-state index is 0.200. The van der Waals surface area contributed by atoms with Gasteiger partial charge >= 0.3 is 0 Å². The van der Waals surface area contributed by atoms with Crippen molar-refractivity contribution in [2.24, 2.45) is 0 Å². The van der Waals surface area contributed by atoms with Crippen LogP contribution in [0.25, 0.3) is 10.9 Å². The van der Waals surface area contributed by atoms with Crippen molar-refractivity contribution in [3.05, 3.63) is 76.1 Å². The predicted molar refractivity (Wildman–Crippen MR) is 105 cm³/mol. The molecular weight excluding hydrogens is 362 g/mol. The fraction of sp³-hybridized carbons (Fsp3) is 0.250. The molecule has 2 N–H and O–H groups in total. The second kappa shape index (κ2) is 7.26. The molecule has 3 aromatic rings. The second-order valence-corrected chi connectivity index (χ2v) is 8.53. The molecule has 2 heterocycles. The first kappa shape index (κ1) is 17.9. The van der Waals surface area contributed by atoms with Gasteiger partial charge in [-0.1, -0.05) is 24.3 Å². The third kappa shape index (κ3) is 3.95. The lowest BCUT2D eigenvalue weighted by atomic mass is 10.0. The molecule has 0 unspecified atom stereocenters. The van der Waals surface area contributed by atoms with Crippen molar-refractivity contribution in [2.75, 3.05) is 19.6 Å². The van der Waals surface area contributed by atoms with Gasteiger partial charge in [-0.25, -0.2) is 13.1 Å². The Hall–Kier alpha value is -2.48. The summed E-state index contributed by atoms with van der Waals surface area (Å²) in [5, 5.41) is 0.685. The van der Waals surface area contributed by atoms with Gasteiger partial charge < -0.3 is 4.98 Å². The minimum Gasteiger partial charge on any atom is -0.322 e. The van der Waals surface area contributed by atoms with Crippen molar-refractivity contribution in [3.63, 3.8) is 0 Å². The summed E-state index contributed by atoms with van der Waals surface area (Å²) in [7, 11) is -3.59. The van der Waals surface area contributed by atoms with Crippen LogP contribution in [-0.2, 0) is 23.0 Å². The van der Waals surface area contributed by atoms with E-state index in [1.807, 2.05) is 6.07 Å². The van der Waals surface area contributed by atoms with Crippen molar-refractivity contribution < 1.29 is 8.42 Å². The normalized spacial score (nSPS) is 15.0. The highest BCUT2D eigenvalue weighted by Gasteiger charge is 2.18. The first-order valence-corrected chi connectivity index (χ1v) is 10.4. The number of aromatic nitrogens is 1. The van der Waals surface area contributed by atoms with Crippen LogP contribution in [0.5, 0.6) is 0 Å². The Morgan fingerprint density at radius 3 is 2.70 bits per heavy atom. The quantitative estimate of drug-likeness (QED) is 0.705. The van der Waals surface area contributed by atoms with Crippen molar-refractivity contribution in [2.45, 2.75) is 17.9 Å². The standard InChI is InChI=1S/C20H21N3O3S/c24-20-8-5-16-13-18(6-7-19(16)22-20)27(25,26)21-10-12-23-11-9-15-3-1-2-4-17(15)14-23/h1-8,13,21H,9-12,14H2,(H,22,24). The van der Waals surface area contributed by atoms with E-state index < -0.39 is 10.0 Å². The lowest BCUT2D eigenvalue weighted by Crippen LogP contribution is -2.37. The SMILES string of the molecule is O=c1ccc2cc(S(=O)(=O)NCCN3CCc4ccccc4C3)ccc2[nH]1. The van der Waals surface area contributed by atoms with Crippen LogP contribution >= 0.6 is 0 Å². The van der Waals surface area contributed by atoms with Crippen molar-refractivity contribution in [1.29, 1.82) is 0 Å². The lowest BCUT2D eigenvalue weighted by molar-refractivity contribution is 0.258. The van der Waals surface area contributed by atoms with Crippen LogP contribution in [-0.4, -0.2) is 37.9 Å². The van der Waals surface area contributed by atoms with Gasteiger partial charge in [-0.2, -0.15) is 0 Å². The highest BCUT2D eigenvalue weighted by molar-refractivity contribution is 7.89. The number of hydrogen-bond donors (Lipinski definition) is 2. The Labute approximate surface area is 157 Å². The number of rotatable bonds is 5. The zero-order valence-corrected chi connectivity index (χ0v) is 15.6. The maximum Gasteiger partial charge on any atom is 0.248 e. The summed E-state index contributed by atoms with van der Waals surface area (Å²) >= 11 is 0. The fourth-order valence-electron chi connectivity index (χ4n) is 3.47. The number of nitrogens with one attached hydrogen (secondary N) is 2. The molecule has 0 amide bonds. The van der Waals surface area contributed by atoms with Gasteiger partial charge in [0.15, 0.2) is 0 Å². The Kier molecular flexibility index (Phi) is 4.82. The smallest absolute Gasteiger partial charge is 0.248 e. The van der Waals surface area contributed by atoms with Gasteiger partial charge in [0.05, 0.1) is 4.90 Å². The number of H-pyrrole nitrogens is 1. The average Bonchev–Trinajstić information content (AvgIpc) is 2.67. The van der Waals surface area contributed by atoms with Gasteiger partial charge in [-0.3, -0.25) is 9.69 Å². The first-order chi connectivity index (χ1) is 13.0. The Balaban J connectivity index is 1.40. The zero-order valence-electron chi connectivity index (χ0n) is 14.8. The molecule has 1 aliphatic heterocycles. The average molecular weight is 383 g/mol. The number of sulfonamides is 1. The topological polar surface area (TPSA) is 82.3 Å². The van der Waals surface area contributed by atoms with Crippen LogP contribution in [0.3, 0.4) is 0 Å². The maximum absolute atomic E-state index is 12.6. The van der Waals surface area contributed by atoms with Crippen LogP contribution in [0.15, 0.2) is 64.3 Å². The third-order valence-electron chi connectivity index (χ3n) is 4.94. The van der Waals surface area contributed by atoms with E-state index in [4.69, 9.17) is 0 Å². The molecule has 140 valence electrons. The third-order valence-corrected chi connectivity index (χ3v) is 6.39. The summed E-state index contributed by atoms with van der Waals surface area (Å²) in [5.41, 5.74) is 3.10. The molecule has 0 fully saturated rings. The molecule has 4 rings (SSSR count). The van der Waals surface area contributed by atoms with Crippen LogP contribution < -0.4 is 10.3 Å². The van der Waals surface area contributed by atoms with Crippen LogP contribution in [0, 0.1) is 0 Å². The number of hydrogen-bond acceptors (Lipinski definition) is 4. The van der Waals surface area contributed by atoms with E-state index in [9.17, 15) is 13.2 Å². The molecule has 0 atom stereocenters. The monoisotopic (exact) mass is 383 g/mol. The zero-order chi connectivity index (χ0) is 18.9. The number of nitrogens with zero attached hydrogens (tertiary/aromatic N) is 1. The molecule has 0 saturated heterocycles. The summed E-state index contributed by atoms with van der Waals surface area (Å²) in [6.07, 6.45) is 0.992. The molecule has 2 aromatic carbocycles. The molecule has 0 saturated carbocycles. The largest absolute Gasteiger partial charge is 0.322 e. The van der Waals surface area contributed by atoms with Gasteiger partial charge in [0.2, 0.25) is 15.6 Å². The number of benzene rings is 2. The Morgan fingerprint density at radius 2 is 1.85 bits per heavy atom. The number of pyridine rings is 1. The van der Waals surface area contributed by atoms with Crippen LogP contribution in [0.1, 0.15) is 11.1 Å². The summed E-state index contributed by atoms with van der Waals surface area (Å²) in [5.74, 6) is 0. The number of fused-ring (bicyclic) bond motifs is 2. The van der Waals surface area contributed by atoms with Crippen molar-refractivity contribution >= 4 is 20.9 Å². The highest BCUT2D eigenvalue weighted by atomic mass is 32.2. The van der Waals surface area contributed by atoms with E-state index in [2.05, 4.69) is 32.8 Å².